The smallest absolute Gasteiger partial charge is 0.303 e. The molecule has 0 aromatic heterocycles. The van der Waals surface area contributed by atoms with E-state index < -0.39 is 5.97 Å². The number of nitrogens with one attached hydrogen (secondary N) is 2. The van der Waals surface area contributed by atoms with Gasteiger partial charge in [-0.2, -0.15) is 0 Å². The largest absolute Gasteiger partial charge is 0.481 e. The number of hydrogen-bond acceptors (Lipinski definition) is 3. The molecule has 0 spiro atoms. The third-order valence-corrected chi connectivity index (χ3v) is 4.36. The van der Waals surface area contributed by atoms with Crippen LogP contribution in [0.4, 0.5) is 0 Å². The van der Waals surface area contributed by atoms with Gasteiger partial charge in [0.05, 0.1) is 5.41 Å². The molecule has 1 unspecified atom stereocenters. The number of carbonyl (C=O) groups is 2. The molecular formula is C15H28N2O3. The summed E-state index contributed by atoms with van der Waals surface area (Å²) in [5, 5.41) is 15.1. The van der Waals surface area contributed by atoms with Gasteiger partial charge in [0.1, 0.15) is 0 Å². The second-order valence-electron chi connectivity index (χ2n) is 5.86. The number of amides is 1. The summed E-state index contributed by atoms with van der Waals surface area (Å²) in [6.45, 7) is 6.32. The van der Waals surface area contributed by atoms with Gasteiger partial charge in [0, 0.05) is 13.0 Å². The highest BCUT2D eigenvalue weighted by molar-refractivity contribution is 5.82. The molecule has 1 saturated heterocycles. The summed E-state index contributed by atoms with van der Waals surface area (Å²) in [6.07, 6.45) is 4.56. The average molecular weight is 284 g/mol. The Bertz CT molecular complexity index is 320. The molecule has 1 amide bonds. The molecule has 20 heavy (non-hydrogen) atoms. The lowest BCUT2D eigenvalue weighted by Gasteiger charge is -2.36. The molecule has 0 aromatic rings. The molecule has 0 aromatic carbocycles. The minimum Gasteiger partial charge on any atom is -0.481 e. The number of piperidine rings is 1. The molecule has 5 nitrogen and oxygen atoms in total. The first kappa shape index (κ1) is 17.0. The van der Waals surface area contributed by atoms with Crippen molar-refractivity contribution in [3.8, 4) is 0 Å². The average Bonchev–Trinajstić information content (AvgIpc) is 2.44. The fourth-order valence-electron chi connectivity index (χ4n) is 3.01. The van der Waals surface area contributed by atoms with Crippen LogP contribution in [0.2, 0.25) is 0 Å². The lowest BCUT2D eigenvalue weighted by Crippen LogP contribution is -2.48. The molecule has 0 saturated carbocycles. The molecule has 1 atom stereocenters. The minimum absolute atomic E-state index is 0.0249. The van der Waals surface area contributed by atoms with Crippen molar-refractivity contribution >= 4 is 11.9 Å². The molecule has 0 radical (unpaired) electrons. The Morgan fingerprint density at radius 1 is 1.30 bits per heavy atom. The predicted molar refractivity (Wildman–Crippen MR) is 78.5 cm³/mol. The van der Waals surface area contributed by atoms with E-state index >= 15 is 0 Å². The molecule has 5 heteroatoms. The van der Waals surface area contributed by atoms with Crippen LogP contribution in [0.3, 0.4) is 0 Å². The van der Waals surface area contributed by atoms with E-state index in [9.17, 15) is 9.59 Å². The van der Waals surface area contributed by atoms with Crippen molar-refractivity contribution in [1.29, 1.82) is 0 Å². The van der Waals surface area contributed by atoms with E-state index in [4.69, 9.17) is 5.11 Å². The Labute approximate surface area is 121 Å². The van der Waals surface area contributed by atoms with E-state index in [1.165, 1.54) is 0 Å². The Morgan fingerprint density at radius 2 is 1.95 bits per heavy atom. The van der Waals surface area contributed by atoms with Crippen LogP contribution in [-0.2, 0) is 9.59 Å². The van der Waals surface area contributed by atoms with Crippen LogP contribution in [0.1, 0.15) is 52.4 Å². The van der Waals surface area contributed by atoms with Crippen LogP contribution in [-0.4, -0.2) is 36.6 Å². The Hall–Kier alpha value is -1.10. The first-order valence-electron chi connectivity index (χ1n) is 7.75. The van der Waals surface area contributed by atoms with Gasteiger partial charge in [-0.05, 0) is 38.3 Å². The molecular weight excluding hydrogens is 256 g/mol. The topological polar surface area (TPSA) is 78.4 Å². The van der Waals surface area contributed by atoms with Gasteiger partial charge in [0.25, 0.3) is 0 Å². The van der Waals surface area contributed by atoms with E-state index in [2.05, 4.69) is 17.6 Å². The zero-order chi connectivity index (χ0) is 15.0. The van der Waals surface area contributed by atoms with Gasteiger partial charge >= 0.3 is 5.97 Å². The Balaban J connectivity index is 2.55. The van der Waals surface area contributed by atoms with E-state index in [0.717, 1.165) is 45.2 Å². The SMILES string of the molecule is CCCC1(C(=O)NCC(CC)CC(=O)O)CCNCC1. The molecule has 1 aliphatic heterocycles. The Kier molecular flexibility index (Phi) is 6.99. The van der Waals surface area contributed by atoms with E-state index in [-0.39, 0.29) is 23.7 Å². The molecule has 0 bridgehead atoms. The standard InChI is InChI=1S/C15H28N2O3/c1-3-5-15(6-8-16-9-7-15)14(20)17-11-12(4-2)10-13(18)19/h12,16H,3-11H2,1-2H3,(H,17,20)(H,18,19). The van der Waals surface area contributed by atoms with Gasteiger partial charge in [-0.3, -0.25) is 9.59 Å². The zero-order valence-corrected chi connectivity index (χ0v) is 12.7. The quantitative estimate of drug-likeness (QED) is 0.635. The lowest BCUT2D eigenvalue weighted by molar-refractivity contribution is -0.139. The number of carbonyl (C=O) groups excluding carboxylic acids is 1. The molecule has 0 aliphatic carbocycles. The van der Waals surface area contributed by atoms with Crippen LogP contribution >= 0.6 is 0 Å². The summed E-state index contributed by atoms with van der Waals surface area (Å²) >= 11 is 0. The van der Waals surface area contributed by atoms with Crippen molar-refractivity contribution in [1.82, 2.24) is 10.6 Å². The van der Waals surface area contributed by atoms with Gasteiger partial charge in [0.15, 0.2) is 0 Å². The van der Waals surface area contributed by atoms with Gasteiger partial charge in [0.2, 0.25) is 5.91 Å². The first-order chi connectivity index (χ1) is 9.54. The third-order valence-electron chi connectivity index (χ3n) is 4.36. The maximum atomic E-state index is 12.5. The summed E-state index contributed by atoms with van der Waals surface area (Å²) in [5.74, 6) is -0.655. The van der Waals surface area contributed by atoms with Gasteiger partial charge in [-0.25, -0.2) is 0 Å². The minimum atomic E-state index is -0.795. The summed E-state index contributed by atoms with van der Waals surface area (Å²) in [6, 6.07) is 0. The Morgan fingerprint density at radius 3 is 2.45 bits per heavy atom. The highest BCUT2D eigenvalue weighted by Gasteiger charge is 2.38. The summed E-state index contributed by atoms with van der Waals surface area (Å²) < 4.78 is 0. The van der Waals surface area contributed by atoms with E-state index in [0.29, 0.717) is 6.54 Å². The highest BCUT2D eigenvalue weighted by atomic mass is 16.4. The van der Waals surface area contributed by atoms with Gasteiger partial charge < -0.3 is 15.7 Å². The number of carboxylic acids is 1. The van der Waals surface area contributed by atoms with Crippen LogP contribution in [0.15, 0.2) is 0 Å². The van der Waals surface area contributed by atoms with Crippen LogP contribution in [0.25, 0.3) is 0 Å². The maximum absolute atomic E-state index is 12.5. The number of carboxylic acid groups (broad SMARTS) is 1. The van der Waals surface area contributed by atoms with Crippen LogP contribution in [0.5, 0.6) is 0 Å². The monoisotopic (exact) mass is 284 g/mol. The molecule has 1 rings (SSSR count). The predicted octanol–water partition coefficient (Wildman–Crippen LogP) is 1.77. The van der Waals surface area contributed by atoms with Crippen LogP contribution in [0, 0.1) is 11.3 Å². The van der Waals surface area contributed by atoms with Crippen molar-refractivity contribution in [2.24, 2.45) is 11.3 Å². The van der Waals surface area contributed by atoms with Crippen molar-refractivity contribution in [3.05, 3.63) is 0 Å². The first-order valence-corrected chi connectivity index (χ1v) is 7.75. The third kappa shape index (κ3) is 4.78. The van der Waals surface area contributed by atoms with Gasteiger partial charge in [-0.15, -0.1) is 0 Å². The summed E-state index contributed by atoms with van der Waals surface area (Å²) in [7, 11) is 0. The zero-order valence-electron chi connectivity index (χ0n) is 12.7. The van der Waals surface area contributed by atoms with Crippen LogP contribution < -0.4 is 10.6 Å². The van der Waals surface area contributed by atoms with E-state index in [1.807, 2.05) is 6.92 Å². The van der Waals surface area contributed by atoms with Crippen molar-refractivity contribution in [2.75, 3.05) is 19.6 Å². The lowest BCUT2D eigenvalue weighted by atomic mass is 9.74. The van der Waals surface area contributed by atoms with Gasteiger partial charge in [-0.1, -0.05) is 26.7 Å². The fraction of sp³-hybridized carbons (Fsp3) is 0.867. The number of hydrogen-bond donors (Lipinski definition) is 3. The summed E-state index contributed by atoms with van der Waals surface area (Å²) in [5.41, 5.74) is -0.248. The number of rotatable bonds is 8. The normalized spacial score (nSPS) is 19.3. The van der Waals surface area contributed by atoms with Crippen molar-refractivity contribution in [2.45, 2.75) is 52.4 Å². The second-order valence-corrected chi connectivity index (χ2v) is 5.86. The second kappa shape index (κ2) is 8.25. The van der Waals surface area contributed by atoms with Crippen molar-refractivity contribution in [3.63, 3.8) is 0 Å². The van der Waals surface area contributed by atoms with Crippen molar-refractivity contribution < 1.29 is 14.7 Å². The van der Waals surface area contributed by atoms with E-state index in [1.54, 1.807) is 0 Å². The number of aliphatic carboxylic acids is 1. The summed E-state index contributed by atoms with van der Waals surface area (Å²) in [4.78, 5) is 23.3. The highest BCUT2D eigenvalue weighted by Crippen LogP contribution is 2.34. The maximum Gasteiger partial charge on any atom is 0.303 e. The molecule has 3 N–H and O–H groups in total. The molecule has 1 aliphatic rings. The molecule has 1 heterocycles. The molecule has 116 valence electrons. The molecule has 1 fully saturated rings. The fourth-order valence-corrected chi connectivity index (χ4v) is 3.01.